The number of halogens is 2. The summed E-state index contributed by atoms with van der Waals surface area (Å²) in [6.07, 6.45) is 0.494. The zero-order valence-corrected chi connectivity index (χ0v) is 12.6. The lowest BCUT2D eigenvalue weighted by Gasteiger charge is -2.08. The van der Waals surface area contributed by atoms with Gasteiger partial charge in [0.05, 0.1) is 0 Å². The van der Waals surface area contributed by atoms with Crippen molar-refractivity contribution < 1.29 is 4.79 Å². The summed E-state index contributed by atoms with van der Waals surface area (Å²) in [5.41, 5.74) is 0.742. The SMILES string of the molecule is CCC(=O)c1ccccc1Sc1cc(Cl)cc(Cl)c1. The quantitative estimate of drug-likeness (QED) is 0.670. The van der Waals surface area contributed by atoms with Crippen molar-refractivity contribution in [3.05, 3.63) is 58.1 Å². The van der Waals surface area contributed by atoms with E-state index in [1.807, 2.05) is 43.3 Å². The molecule has 0 aliphatic rings. The van der Waals surface area contributed by atoms with E-state index in [9.17, 15) is 4.79 Å². The maximum Gasteiger partial charge on any atom is 0.163 e. The topological polar surface area (TPSA) is 17.1 Å². The van der Waals surface area contributed by atoms with Crippen LogP contribution in [-0.2, 0) is 0 Å². The number of carbonyl (C=O) groups excluding carboxylic acids is 1. The second-order valence-electron chi connectivity index (χ2n) is 3.98. The van der Waals surface area contributed by atoms with Crippen LogP contribution < -0.4 is 0 Å². The van der Waals surface area contributed by atoms with Crippen LogP contribution in [0.1, 0.15) is 23.7 Å². The molecule has 2 rings (SSSR count). The molecule has 0 aromatic heterocycles. The van der Waals surface area contributed by atoms with E-state index in [0.29, 0.717) is 16.5 Å². The number of rotatable bonds is 4. The van der Waals surface area contributed by atoms with Crippen LogP contribution >= 0.6 is 35.0 Å². The van der Waals surface area contributed by atoms with Crippen molar-refractivity contribution >= 4 is 40.7 Å². The monoisotopic (exact) mass is 310 g/mol. The fourth-order valence-electron chi connectivity index (χ4n) is 1.69. The molecular weight excluding hydrogens is 299 g/mol. The Balaban J connectivity index is 2.35. The van der Waals surface area contributed by atoms with Crippen LogP contribution in [-0.4, -0.2) is 5.78 Å². The van der Waals surface area contributed by atoms with E-state index < -0.39 is 0 Å². The number of hydrogen-bond donors (Lipinski definition) is 0. The molecule has 4 heteroatoms. The molecule has 19 heavy (non-hydrogen) atoms. The average Bonchev–Trinajstić information content (AvgIpc) is 2.37. The Bertz CT molecular complexity index is 591. The molecule has 0 radical (unpaired) electrons. The van der Waals surface area contributed by atoms with E-state index in [0.717, 1.165) is 15.4 Å². The van der Waals surface area contributed by atoms with E-state index in [1.54, 1.807) is 6.07 Å². The third-order valence-electron chi connectivity index (χ3n) is 2.57. The molecule has 0 saturated heterocycles. The molecular formula is C15H12Cl2OS. The highest BCUT2D eigenvalue weighted by atomic mass is 35.5. The van der Waals surface area contributed by atoms with Gasteiger partial charge in [-0.25, -0.2) is 0 Å². The standard InChI is InChI=1S/C15H12Cl2OS/c1-2-14(18)13-5-3-4-6-15(13)19-12-8-10(16)7-11(17)9-12/h3-9H,2H2,1H3. The van der Waals surface area contributed by atoms with Gasteiger partial charge in [0.2, 0.25) is 0 Å². The first-order chi connectivity index (χ1) is 9.10. The van der Waals surface area contributed by atoms with E-state index in [1.165, 1.54) is 11.8 Å². The lowest BCUT2D eigenvalue weighted by atomic mass is 10.1. The summed E-state index contributed by atoms with van der Waals surface area (Å²) >= 11 is 13.5. The summed E-state index contributed by atoms with van der Waals surface area (Å²) in [7, 11) is 0. The van der Waals surface area contributed by atoms with Crippen molar-refractivity contribution in [2.45, 2.75) is 23.1 Å². The Labute approximate surface area is 126 Å². The van der Waals surface area contributed by atoms with Crippen LogP contribution in [0.5, 0.6) is 0 Å². The minimum Gasteiger partial charge on any atom is -0.294 e. The molecule has 0 fully saturated rings. The number of Topliss-reactive ketones (excluding diaryl/α,β-unsaturated/α-hetero) is 1. The van der Waals surface area contributed by atoms with Crippen molar-refractivity contribution in [3.8, 4) is 0 Å². The first-order valence-corrected chi connectivity index (χ1v) is 7.43. The lowest BCUT2D eigenvalue weighted by molar-refractivity contribution is 0.0985. The first-order valence-electron chi connectivity index (χ1n) is 5.86. The zero-order chi connectivity index (χ0) is 13.8. The molecule has 98 valence electrons. The minimum absolute atomic E-state index is 0.135. The van der Waals surface area contributed by atoms with E-state index in [2.05, 4.69) is 0 Å². The molecule has 0 N–H and O–H groups in total. The molecule has 0 spiro atoms. The summed E-state index contributed by atoms with van der Waals surface area (Å²) in [4.78, 5) is 13.7. The summed E-state index contributed by atoms with van der Waals surface area (Å²) in [5, 5.41) is 1.18. The van der Waals surface area contributed by atoms with Gasteiger partial charge in [-0.3, -0.25) is 4.79 Å². The summed E-state index contributed by atoms with van der Waals surface area (Å²) in [6, 6.07) is 12.9. The average molecular weight is 311 g/mol. The maximum atomic E-state index is 11.9. The van der Waals surface area contributed by atoms with Crippen molar-refractivity contribution in [2.24, 2.45) is 0 Å². The van der Waals surface area contributed by atoms with Gasteiger partial charge in [0.25, 0.3) is 0 Å². The van der Waals surface area contributed by atoms with E-state index in [4.69, 9.17) is 23.2 Å². The van der Waals surface area contributed by atoms with Gasteiger partial charge in [0.1, 0.15) is 0 Å². The van der Waals surface area contributed by atoms with Crippen LogP contribution in [0.4, 0.5) is 0 Å². The molecule has 0 bridgehead atoms. The summed E-state index contributed by atoms with van der Waals surface area (Å²) < 4.78 is 0. The van der Waals surface area contributed by atoms with Gasteiger partial charge in [0.15, 0.2) is 5.78 Å². The number of hydrogen-bond acceptors (Lipinski definition) is 2. The third kappa shape index (κ3) is 3.75. The smallest absolute Gasteiger partial charge is 0.163 e. The van der Waals surface area contributed by atoms with Gasteiger partial charge >= 0.3 is 0 Å². The number of ketones is 1. The Kier molecular flexibility index (Phi) is 4.92. The fraction of sp³-hybridized carbons (Fsp3) is 0.133. The Morgan fingerprint density at radius 3 is 2.37 bits per heavy atom. The minimum atomic E-state index is 0.135. The van der Waals surface area contributed by atoms with Gasteiger partial charge in [-0.15, -0.1) is 0 Å². The lowest BCUT2D eigenvalue weighted by Crippen LogP contribution is -1.98. The largest absolute Gasteiger partial charge is 0.294 e. The van der Waals surface area contributed by atoms with Gasteiger partial charge in [-0.2, -0.15) is 0 Å². The van der Waals surface area contributed by atoms with Gasteiger partial charge in [0, 0.05) is 31.8 Å². The highest BCUT2D eigenvalue weighted by Crippen LogP contribution is 2.34. The Morgan fingerprint density at radius 2 is 1.74 bits per heavy atom. The van der Waals surface area contributed by atoms with Gasteiger partial charge < -0.3 is 0 Å². The molecule has 1 nitrogen and oxygen atoms in total. The fourth-order valence-corrected chi connectivity index (χ4v) is 3.41. The van der Waals surface area contributed by atoms with Crippen LogP contribution in [0.2, 0.25) is 10.0 Å². The summed E-state index contributed by atoms with van der Waals surface area (Å²) in [6.45, 7) is 1.86. The van der Waals surface area contributed by atoms with E-state index in [-0.39, 0.29) is 5.78 Å². The normalized spacial score (nSPS) is 10.5. The van der Waals surface area contributed by atoms with Gasteiger partial charge in [-0.1, -0.05) is 60.1 Å². The molecule has 0 atom stereocenters. The van der Waals surface area contributed by atoms with Crippen LogP contribution in [0.25, 0.3) is 0 Å². The van der Waals surface area contributed by atoms with Crippen molar-refractivity contribution in [3.63, 3.8) is 0 Å². The third-order valence-corrected chi connectivity index (χ3v) is 4.06. The predicted octanol–water partition coefficient (Wildman–Crippen LogP) is 5.74. The van der Waals surface area contributed by atoms with Gasteiger partial charge in [-0.05, 0) is 24.3 Å². The second kappa shape index (κ2) is 6.47. The highest BCUT2D eigenvalue weighted by Gasteiger charge is 2.10. The number of carbonyl (C=O) groups is 1. The van der Waals surface area contributed by atoms with Crippen molar-refractivity contribution in [2.75, 3.05) is 0 Å². The molecule has 0 aliphatic heterocycles. The first kappa shape index (κ1) is 14.4. The summed E-state index contributed by atoms with van der Waals surface area (Å²) in [5.74, 6) is 0.135. The molecule has 2 aromatic carbocycles. The Hall–Kier alpha value is -0.960. The van der Waals surface area contributed by atoms with Crippen LogP contribution in [0.15, 0.2) is 52.3 Å². The number of benzene rings is 2. The predicted molar refractivity (Wildman–Crippen MR) is 81.6 cm³/mol. The van der Waals surface area contributed by atoms with Crippen LogP contribution in [0.3, 0.4) is 0 Å². The Morgan fingerprint density at radius 1 is 1.11 bits per heavy atom. The van der Waals surface area contributed by atoms with Crippen LogP contribution in [0, 0.1) is 0 Å². The molecule has 0 aliphatic carbocycles. The molecule has 0 saturated carbocycles. The molecule has 0 heterocycles. The maximum absolute atomic E-state index is 11.9. The second-order valence-corrected chi connectivity index (χ2v) is 5.97. The van der Waals surface area contributed by atoms with Crippen molar-refractivity contribution in [1.29, 1.82) is 0 Å². The molecule has 0 unspecified atom stereocenters. The molecule has 2 aromatic rings. The van der Waals surface area contributed by atoms with Crippen molar-refractivity contribution in [1.82, 2.24) is 0 Å². The zero-order valence-electron chi connectivity index (χ0n) is 10.3. The molecule has 0 amide bonds. The van der Waals surface area contributed by atoms with E-state index >= 15 is 0 Å². The highest BCUT2D eigenvalue weighted by molar-refractivity contribution is 7.99.